The SMILES string of the molecule is Cc1nc(C(=O)NCC2CCCN2)nn1-c1c(Cl)cccc1Cl.Cl. The number of halogens is 3. The van der Waals surface area contributed by atoms with E-state index in [0.717, 1.165) is 19.4 Å². The van der Waals surface area contributed by atoms with Crippen molar-refractivity contribution in [1.82, 2.24) is 25.4 Å². The minimum absolute atomic E-state index is 0. The zero-order valence-electron chi connectivity index (χ0n) is 13.1. The molecule has 1 amide bonds. The molecule has 24 heavy (non-hydrogen) atoms. The van der Waals surface area contributed by atoms with Crippen LogP contribution >= 0.6 is 35.6 Å². The van der Waals surface area contributed by atoms with Gasteiger partial charge in [-0.25, -0.2) is 9.67 Å². The maximum atomic E-state index is 12.2. The summed E-state index contributed by atoms with van der Waals surface area (Å²) in [7, 11) is 0. The fourth-order valence-electron chi connectivity index (χ4n) is 2.62. The van der Waals surface area contributed by atoms with Gasteiger partial charge in [0.2, 0.25) is 5.82 Å². The summed E-state index contributed by atoms with van der Waals surface area (Å²) < 4.78 is 1.49. The van der Waals surface area contributed by atoms with Gasteiger partial charge in [-0.05, 0) is 38.4 Å². The molecular formula is C15H18Cl3N5O. The van der Waals surface area contributed by atoms with Crippen LogP contribution in [0.4, 0.5) is 0 Å². The molecule has 130 valence electrons. The second-order valence-corrected chi connectivity index (χ2v) is 6.28. The molecule has 1 fully saturated rings. The Balaban J connectivity index is 0.00000208. The van der Waals surface area contributed by atoms with Gasteiger partial charge < -0.3 is 10.6 Å². The number of benzene rings is 1. The second kappa shape index (κ2) is 8.16. The first-order valence-electron chi connectivity index (χ1n) is 7.46. The number of amides is 1. The quantitative estimate of drug-likeness (QED) is 0.842. The maximum absolute atomic E-state index is 12.2. The Labute approximate surface area is 156 Å². The van der Waals surface area contributed by atoms with E-state index in [-0.39, 0.29) is 24.1 Å². The van der Waals surface area contributed by atoms with E-state index in [2.05, 4.69) is 20.7 Å². The highest BCUT2D eigenvalue weighted by molar-refractivity contribution is 6.37. The van der Waals surface area contributed by atoms with Gasteiger partial charge in [-0.15, -0.1) is 17.5 Å². The number of carbonyl (C=O) groups is 1. The second-order valence-electron chi connectivity index (χ2n) is 5.47. The summed E-state index contributed by atoms with van der Waals surface area (Å²) in [6, 6.07) is 5.51. The summed E-state index contributed by atoms with van der Waals surface area (Å²) in [5.74, 6) is 0.351. The number of aromatic nitrogens is 3. The largest absolute Gasteiger partial charge is 0.348 e. The topological polar surface area (TPSA) is 71.8 Å². The Morgan fingerprint density at radius 3 is 2.75 bits per heavy atom. The number of nitrogens with zero attached hydrogens (tertiary/aromatic N) is 3. The molecule has 3 rings (SSSR count). The number of aryl methyl sites for hydroxylation is 1. The molecule has 2 aromatic rings. The normalized spacial score (nSPS) is 16.7. The predicted molar refractivity (Wildman–Crippen MR) is 96.7 cm³/mol. The third kappa shape index (κ3) is 4.00. The molecule has 9 heteroatoms. The van der Waals surface area contributed by atoms with Crippen LogP contribution in [0, 0.1) is 6.92 Å². The molecule has 2 heterocycles. The summed E-state index contributed by atoms with van der Waals surface area (Å²) in [6.07, 6.45) is 2.20. The summed E-state index contributed by atoms with van der Waals surface area (Å²) in [5.41, 5.74) is 0.525. The number of nitrogens with one attached hydrogen (secondary N) is 2. The molecule has 1 saturated heterocycles. The summed E-state index contributed by atoms with van der Waals surface area (Å²) in [5, 5.41) is 11.3. The van der Waals surface area contributed by atoms with Crippen molar-refractivity contribution in [3.05, 3.63) is 39.9 Å². The number of hydrogen-bond acceptors (Lipinski definition) is 4. The van der Waals surface area contributed by atoms with Crippen LogP contribution < -0.4 is 10.6 Å². The van der Waals surface area contributed by atoms with E-state index in [4.69, 9.17) is 23.2 Å². The van der Waals surface area contributed by atoms with E-state index in [1.807, 2.05) is 0 Å². The number of para-hydroxylation sites is 1. The molecular weight excluding hydrogens is 373 g/mol. The Morgan fingerprint density at radius 2 is 2.12 bits per heavy atom. The zero-order valence-corrected chi connectivity index (χ0v) is 15.4. The zero-order chi connectivity index (χ0) is 16.4. The van der Waals surface area contributed by atoms with Gasteiger partial charge in [0.25, 0.3) is 5.91 Å². The first kappa shape index (κ1) is 19.0. The number of hydrogen-bond donors (Lipinski definition) is 2. The molecule has 1 aliphatic heterocycles. The van der Waals surface area contributed by atoms with Gasteiger partial charge in [0.1, 0.15) is 11.5 Å². The van der Waals surface area contributed by atoms with Gasteiger partial charge >= 0.3 is 0 Å². The molecule has 2 N–H and O–H groups in total. The molecule has 1 atom stereocenters. The van der Waals surface area contributed by atoms with Crippen LogP contribution in [0.2, 0.25) is 10.0 Å². The van der Waals surface area contributed by atoms with Crippen molar-refractivity contribution in [3.8, 4) is 5.69 Å². The van der Waals surface area contributed by atoms with Crippen LogP contribution in [-0.4, -0.2) is 39.8 Å². The van der Waals surface area contributed by atoms with Gasteiger partial charge in [-0.2, -0.15) is 0 Å². The van der Waals surface area contributed by atoms with Gasteiger partial charge in [0.05, 0.1) is 10.0 Å². The van der Waals surface area contributed by atoms with Gasteiger partial charge in [-0.3, -0.25) is 4.79 Å². The molecule has 0 bridgehead atoms. The van der Waals surface area contributed by atoms with Gasteiger partial charge in [0.15, 0.2) is 0 Å². The van der Waals surface area contributed by atoms with Crippen molar-refractivity contribution < 1.29 is 4.79 Å². The first-order valence-corrected chi connectivity index (χ1v) is 8.21. The maximum Gasteiger partial charge on any atom is 0.291 e. The highest BCUT2D eigenvalue weighted by Gasteiger charge is 2.20. The molecule has 1 aromatic heterocycles. The van der Waals surface area contributed by atoms with Crippen LogP contribution in [0.1, 0.15) is 29.3 Å². The van der Waals surface area contributed by atoms with Crippen LogP contribution in [0.15, 0.2) is 18.2 Å². The van der Waals surface area contributed by atoms with E-state index >= 15 is 0 Å². The molecule has 0 radical (unpaired) electrons. The monoisotopic (exact) mass is 389 g/mol. The average Bonchev–Trinajstić information content (AvgIpc) is 3.15. The highest BCUT2D eigenvalue weighted by atomic mass is 35.5. The van der Waals surface area contributed by atoms with Gasteiger partial charge in [-0.1, -0.05) is 29.3 Å². The summed E-state index contributed by atoms with van der Waals surface area (Å²) >= 11 is 12.4. The number of carbonyl (C=O) groups excluding carboxylic acids is 1. The van der Waals surface area contributed by atoms with Crippen LogP contribution in [0.3, 0.4) is 0 Å². The molecule has 1 unspecified atom stereocenters. The molecule has 1 aliphatic rings. The lowest BCUT2D eigenvalue weighted by atomic mass is 10.2. The summed E-state index contributed by atoms with van der Waals surface area (Å²) in [4.78, 5) is 16.4. The smallest absolute Gasteiger partial charge is 0.291 e. The minimum Gasteiger partial charge on any atom is -0.348 e. The Bertz CT molecular complexity index is 708. The van der Waals surface area contributed by atoms with Crippen molar-refractivity contribution in [1.29, 1.82) is 0 Å². The van der Waals surface area contributed by atoms with E-state index < -0.39 is 0 Å². The molecule has 0 aliphatic carbocycles. The average molecular weight is 391 g/mol. The Kier molecular flexibility index (Phi) is 6.46. The lowest BCUT2D eigenvalue weighted by Gasteiger charge is -2.10. The summed E-state index contributed by atoms with van der Waals surface area (Å²) in [6.45, 7) is 3.32. The van der Waals surface area contributed by atoms with Crippen LogP contribution in [0.25, 0.3) is 5.69 Å². The van der Waals surface area contributed by atoms with Crippen molar-refractivity contribution >= 4 is 41.5 Å². The standard InChI is InChI=1S/C15H17Cl2N5O.ClH/c1-9-20-14(15(23)19-8-10-4-3-7-18-10)21-22(9)13-11(16)5-2-6-12(13)17;/h2,5-6,10,18H,3-4,7-8H2,1H3,(H,19,23);1H. The van der Waals surface area contributed by atoms with E-state index in [9.17, 15) is 4.79 Å². The van der Waals surface area contributed by atoms with Crippen molar-refractivity contribution in [2.75, 3.05) is 13.1 Å². The number of rotatable bonds is 4. The van der Waals surface area contributed by atoms with E-state index in [1.54, 1.807) is 25.1 Å². The third-order valence-corrected chi connectivity index (χ3v) is 4.40. The van der Waals surface area contributed by atoms with Crippen molar-refractivity contribution in [3.63, 3.8) is 0 Å². The fraction of sp³-hybridized carbons (Fsp3) is 0.400. The highest BCUT2D eigenvalue weighted by Crippen LogP contribution is 2.28. The van der Waals surface area contributed by atoms with Crippen molar-refractivity contribution in [2.45, 2.75) is 25.8 Å². The van der Waals surface area contributed by atoms with Crippen LogP contribution in [0.5, 0.6) is 0 Å². The fourth-order valence-corrected chi connectivity index (χ4v) is 3.17. The Morgan fingerprint density at radius 1 is 1.42 bits per heavy atom. The molecule has 0 saturated carbocycles. The minimum atomic E-state index is -0.302. The lowest BCUT2D eigenvalue weighted by Crippen LogP contribution is -2.37. The van der Waals surface area contributed by atoms with E-state index in [0.29, 0.717) is 34.1 Å². The van der Waals surface area contributed by atoms with Gasteiger partial charge in [0, 0.05) is 12.6 Å². The van der Waals surface area contributed by atoms with Crippen LogP contribution in [-0.2, 0) is 0 Å². The Hall–Kier alpha value is -1.34. The van der Waals surface area contributed by atoms with E-state index in [1.165, 1.54) is 4.68 Å². The molecule has 0 spiro atoms. The molecule has 1 aromatic carbocycles. The third-order valence-electron chi connectivity index (χ3n) is 3.79. The predicted octanol–water partition coefficient (Wildman–Crippen LogP) is 2.79. The first-order chi connectivity index (χ1) is 11.1. The lowest BCUT2D eigenvalue weighted by molar-refractivity contribution is 0.0940. The van der Waals surface area contributed by atoms with Crippen molar-refractivity contribution in [2.24, 2.45) is 0 Å². The molecule has 6 nitrogen and oxygen atoms in total.